The molecule has 0 aliphatic carbocycles. The number of sulfonamides is 1. The van der Waals surface area contributed by atoms with Crippen molar-refractivity contribution in [1.82, 2.24) is 9.29 Å². The second kappa shape index (κ2) is 9.43. The zero-order valence-corrected chi connectivity index (χ0v) is 19.5. The van der Waals surface area contributed by atoms with Crippen LogP contribution in [0.2, 0.25) is 5.02 Å². The van der Waals surface area contributed by atoms with Crippen LogP contribution in [0, 0.1) is 6.92 Å². The summed E-state index contributed by atoms with van der Waals surface area (Å²) in [6, 6.07) is 9.66. The summed E-state index contributed by atoms with van der Waals surface area (Å²) < 4.78 is 27.9. The molecule has 0 fully saturated rings. The lowest BCUT2D eigenvalue weighted by Crippen LogP contribution is -2.31. The molecule has 9 heteroatoms. The van der Waals surface area contributed by atoms with Crippen LogP contribution in [0.3, 0.4) is 0 Å². The Hall–Kier alpha value is -2.00. The number of hydrogen-bond acceptors (Lipinski definition) is 5. The molecule has 6 nitrogen and oxygen atoms in total. The van der Waals surface area contributed by atoms with E-state index in [-0.39, 0.29) is 10.8 Å². The highest BCUT2D eigenvalue weighted by Crippen LogP contribution is 2.34. The first-order valence-corrected chi connectivity index (χ1v) is 12.4. The smallest absolute Gasteiger partial charge is 0.257 e. The topological polar surface area (TPSA) is 79.4 Å². The largest absolute Gasteiger partial charge is 0.298 e. The van der Waals surface area contributed by atoms with Gasteiger partial charge in [0.25, 0.3) is 5.91 Å². The standard InChI is InChI=1S/C21H24ClN3O3S2/c1-4-6-13-25(5-2)30(27,28)16-10-8-15(9-11-16)20(26)24-21-23-18-14(3)7-12-17(22)19(18)29-21/h7-12H,4-6,13H2,1-3H3,(H,23,24,26). The molecule has 0 aliphatic rings. The number of fused-ring (bicyclic) bond motifs is 1. The number of rotatable bonds is 8. The van der Waals surface area contributed by atoms with Gasteiger partial charge in [-0.3, -0.25) is 10.1 Å². The maximum atomic E-state index is 12.8. The first-order valence-electron chi connectivity index (χ1n) is 9.75. The van der Waals surface area contributed by atoms with Gasteiger partial charge in [-0.05, 0) is 49.2 Å². The highest BCUT2D eigenvalue weighted by atomic mass is 35.5. The lowest BCUT2D eigenvalue weighted by atomic mass is 10.2. The van der Waals surface area contributed by atoms with Crippen molar-refractivity contribution in [2.45, 2.75) is 38.5 Å². The summed E-state index contributed by atoms with van der Waals surface area (Å²) >= 11 is 7.53. The van der Waals surface area contributed by atoms with Crippen LogP contribution in [0.5, 0.6) is 0 Å². The number of amides is 1. The number of thiazole rings is 1. The number of carbonyl (C=O) groups excluding carboxylic acids is 1. The lowest BCUT2D eigenvalue weighted by Gasteiger charge is -2.20. The molecule has 0 aliphatic heterocycles. The number of hydrogen-bond donors (Lipinski definition) is 1. The Morgan fingerprint density at radius 3 is 2.47 bits per heavy atom. The second-order valence-corrected chi connectivity index (χ2v) is 10.2. The molecule has 0 bridgehead atoms. The molecule has 30 heavy (non-hydrogen) atoms. The Balaban J connectivity index is 1.78. The van der Waals surface area contributed by atoms with Crippen molar-refractivity contribution < 1.29 is 13.2 Å². The summed E-state index contributed by atoms with van der Waals surface area (Å²) in [7, 11) is -3.57. The zero-order chi connectivity index (χ0) is 21.9. The Morgan fingerprint density at radius 1 is 1.17 bits per heavy atom. The minimum atomic E-state index is -3.57. The Morgan fingerprint density at radius 2 is 1.87 bits per heavy atom. The van der Waals surface area contributed by atoms with Gasteiger partial charge in [-0.25, -0.2) is 13.4 Å². The van der Waals surface area contributed by atoms with Gasteiger partial charge in [-0.2, -0.15) is 4.31 Å². The van der Waals surface area contributed by atoms with Crippen molar-refractivity contribution in [2.75, 3.05) is 18.4 Å². The normalized spacial score (nSPS) is 11.9. The average molecular weight is 466 g/mol. The fourth-order valence-electron chi connectivity index (χ4n) is 3.03. The van der Waals surface area contributed by atoms with Gasteiger partial charge < -0.3 is 0 Å². The molecular weight excluding hydrogens is 442 g/mol. The molecule has 3 aromatic rings. The Bertz CT molecular complexity index is 1120. The van der Waals surface area contributed by atoms with Crippen LogP contribution in [0.15, 0.2) is 41.3 Å². The summed E-state index contributed by atoms with van der Waals surface area (Å²) in [4.78, 5) is 17.3. The van der Waals surface area contributed by atoms with Crippen LogP contribution < -0.4 is 5.32 Å². The van der Waals surface area contributed by atoms with Gasteiger partial charge in [0.15, 0.2) is 5.13 Å². The number of aryl methyl sites for hydroxylation is 1. The van der Waals surface area contributed by atoms with Gasteiger partial charge in [-0.1, -0.05) is 49.3 Å². The minimum absolute atomic E-state index is 0.180. The van der Waals surface area contributed by atoms with E-state index in [1.54, 1.807) is 0 Å². The van der Waals surface area contributed by atoms with Crippen molar-refractivity contribution in [1.29, 1.82) is 0 Å². The van der Waals surface area contributed by atoms with Crippen LogP contribution in [0.1, 0.15) is 42.6 Å². The van der Waals surface area contributed by atoms with Crippen LogP contribution in [0.25, 0.3) is 10.2 Å². The van der Waals surface area contributed by atoms with Gasteiger partial charge in [0.1, 0.15) is 0 Å². The number of carbonyl (C=O) groups is 1. The predicted molar refractivity (Wildman–Crippen MR) is 123 cm³/mol. The summed E-state index contributed by atoms with van der Waals surface area (Å²) in [5, 5.41) is 3.81. The fourth-order valence-corrected chi connectivity index (χ4v) is 5.73. The third-order valence-corrected chi connectivity index (χ3v) is 8.21. The van der Waals surface area contributed by atoms with E-state index >= 15 is 0 Å². The Labute approximate surface area is 185 Å². The third kappa shape index (κ3) is 4.67. The van der Waals surface area contributed by atoms with Crippen molar-refractivity contribution in [3.05, 3.63) is 52.5 Å². The summed E-state index contributed by atoms with van der Waals surface area (Å²) in [6.07, 6.45) is 1.72. The molecule has 1 N–H and O–H groups in total. The number of anilines is 1. The monoisotopic (exact) mass is 465 g/mol. The first kappa shape index (κ1) is 22.7. The zero-order valence-electron chi connectivity index (χ0n) is 17.1. The molecular formula is C21H24ClN3O3S2. The van der Waals surface area contributed by atoms with E-state index in [1.807, 2.05) is 32.9 Å². The van der Waals surface area contributed by atoms with Gasteiger partial charge in [-0.15, -0.1) is 0 Å². The van der Waals surface area contributed by atoms with E-state index in [1.165, 1.54) is 39.9 Å². The van der Waals surface area contributed by atoms with Crippen LogP contribution in [-0.2, 0) is 10.0 Å². The van der Waals surface area contributed by atoms with Crippen molar-refractivity contribution in [3.63, 3.8) is 0 Å². The molecule has 0 saturated carbocycles. The van der Waals surface area contributed by atoms with Gasteiger partial charge >= 0.3 is 0 Å². The number of unbranched alkanes of at least 4 members (excludes halogenated alkanes) is 1. The van der Waals surface area contributed by atoms with Crippen LogP contribution in [0.4, 0.5) is 5.13 Å². The molecule has 0 spiro atoms. The van der Waals surface area contributed by atoms with E-state index < -0.39 is 10.0 Å². The molecule has 1 heterocycles. The maximum Gasteiger partial charge on any atom is 0.257 e. The van der Waals surface area contributed by atoms with Crippen molar-refractivity contribution in [3.8, 4) is 0 Å². The molecule has 1 aromatic heterocycles. The predicted octanol–water partition coefficient (Wildman–Crippen LogP) is 5.32. The number of halogens is 1. The van der Waals surface area contributed by atoms with E-state index in [2.05, 4.69) is 10.3 Å². The lowest BCUT2D eigenvalue weighted by molar-refractivity contribution is 0.102. The van der Waals surface area contributed by atoms with Gasteiger partial charge in [0.2, 0.25) is 10.0 Å². The molecule has 160 valence electrons. The molecule has 1 amide bonds. The quantitative estimate of drug-likeness (QED) is 0.488. The number of aromatic nitrogens is 1. The number of nitrogens with zero attached hydrogens (tertiary/aromatic N) is 2. The summed E-state index contributed by atoms with van der Waals surface area (Å²) in [5.41, 5.74) is 2.09. The van der Waals surface area contributed by atoms with Gasteiger partial charge in [0, 0.05) is 18.7 Å². The molecule has 0 radical (unpaired) electrons. The van der Waals surface area contributed by atoms with Crippen LogP contribution >= 0.6 is 22.9 Å². The van der Waals surface area contributed by atoms with E-state index in [0.717, 1.165) is 28.6 Å². The van der Waals surface area contributed by atoms with Crippen molar-refractivity contribution in [2.24, 2.45) is 0 Å². The average Bonchev–Trinajstić information content (AvgIpc) is 3.16. The molecule has 0 saturated heterocycles. The molecule has 0 unspecified atom stereocenters. The molecule has 3 rings (SSSR count). The second-order valence-electron chi connectivity index (χ2n) is 6.89. The van der Waals surface area contributed by atoms with E-state index in [0.29, 0.717) is 28.8 Å². The third-order valence-electron chi connectivity index (χ3n) is 4.79. The summed E-state index contributed by atoms with van der Waals surface area (Å²) in [5.74, 6) is -0.356. The highest BCUT2D eigenvalue weighted by Gasteiger charge is 2.23. The summed E-state index contributed by atoms with van der Waals surface area (Å²) in [6.45, 7) is 6.67. The Kier molecular flexibility index (Phi) is 7.13. The molecule has 0 atom stereocenters. The van der Waals surface area contributed by atoms with E-state index in [4.69, 9.17) is 11.6 Å². The van der Waals surface area contributed by atoms with Crippen LogP contribution in [-0.4, -0.2) is 36.7 Å². The first-order chi connectivity index (χ1) is 14.3. The van der Waals surface area contributed by atoms with Gasteiger partial charge in [0.05, 0.1) is 20.1 Å². The number of nitrogens with one attached hydrogen (secondary N) is 1. The number of benzene rings is 2. The van der Waals surface area contributed by atoms with Crippen molar-refractivity contribution >= 4 is 54.2 Å². The minimum Gasteiger partial charge on any atom is -0.298 e. The maximum absolute atomic E-state index is 12.8. The molecule has 2 aromatic carbocycles. The highest BCUT2D eigenvalue weighted by molar-refractivity contribution is 7.89. The SMILES string of the molecule is CCCCN(CC)S(=O)(=O)c1ccc(C(=O)Nc2nc3c(C)ccc(Cl)c3s2)cc1. The fraction of sp³-hybridized carbons (Fsp3) is 0.333. The van der Waals surface area contributed by atoms with E-state index in [9.17, 15) is 13.2 Å².